The van der Waals surface area contributed by atoms with Crippen LogP contribution in [0.5, 0.6) is 11.6 Å². The van der Waals surface area contributed by atoms with Crippen LogP contribution in [0, 0.1) is 5.41 Å². The molecule has 1 aromatic carbocycles. The molecule has 3 rings (SSSR count). The van der Waals surface area contributed by atoms with Gasteiger partial charge in [0.2, 0.25) is 5.88 Å². The molecule has 1 aliphatic carbocycles. The summed E-state index contributed by atoms with van der Waals surface area (Å²) in [7, 11) is 1.65. The average molecular weight is 359 g/mol. The van der Waals surface area contributed by atoms with Crippen LogP contribution in [0.2, 0.25) is 0 Å². The lowest BCUT2D eigenvalue weighted by Crippen LogP contribution is -2.38. The summed E-state index contributed by atoms with van der Waals surface area (Å²) in [5.74, 6) is 1.26. The molecule has 1 aliphatic rings. The summed E-state index contributed by atoms with van der Waals surface area (Å²) in [4.78, 5) is 8.10. The fourth-order valence-electron chi connectivity index (χ4n) is 3.40. The van der Waals surface area contributed by atoms with E-state index < -0.39 is 12.2 Å². The van der Waals surface area contributed by atoms with Crippen molar-refractivity contribution in [3.05, 3.63) is 48.4 Å². The predicted octanol–water partition coefficient (Wildman–Crippen LogP) is 1.16. The average Bonchev–Trinajstić information content (AvgIpc) is 2.95. The second-order valence-electron chi connectivity index (χ2n) is 6.83. The van der Waals surface area contributed by atoms with E-state index >= 15 is 0 Å². The minimum absolute atomic E-state index is 0.352. The van der Waals surface area contributed by atoms with Gasteiger partial charge in [-0.1, -0.05) is 12.1 Å². The molecule has 0 aliphatic heterocycles. The molecule has 0 spiro atoms. The molecule has 1 aromatic heterocycles. The third kappa shape index (κ3) is 4.69. The van der Waals surface area contributed by atoms with E-state index in [0.29, 0.717) is 38.4 Å². The van der Waals surface area contributed by atoms with Crippen LogP contribution in [0.1, 0.15) is 18.4 Å². The van der Waals surface area contributed by atoms with E-state index in [1.165, 1.54) is 0 Å². The molecule has 3 atom stereocenters. The van der Waals surface area contributed by atoms with Crippen molar-refractivity contribution < 1.29 is 19.7 Å². The minimum Gasteiger partial charge on any atom is -0.497 e. The maximum Gasteiger partial charge on any atom is 0.232 e. The van der Waals surface area contributed by atoms with E-state index in [1.54, 1.807) is 25.7 Å². The predicted molar refractivity (Wildman–Crippen MR) is 95.9 cm³/mol. The third-order valence-electron chi connectivity index (χ3n) is 4.76. The molecule has 0 saturated heterocycles. The number of nitrogens with one attached hydrogen (secondary N) is 1. The molecular weight excluding hydrogens is 334 g/mol. The number of benzene rings is 1. The van der Waals surface area contributed by atoms with E-state index in [2.05, 4.69) is 15.3 Å². The van der Waals surface area contributed by atoms with Crippen LogP contribution in [0.4, 0.5) is 0 Å². The highest BCUT2D eigenvalue weighted by Crippen LogP contribution is 2.38. The molecule has 1 heterocycles. The molecule has 140 valence electrons. The Morgan fingerprint density at radius 3 is 2.73 bits per heavy atom. The maximum atomic E-state index is 10.0. The summed E-state index contributed by atoms with van der Waals surface area (Å²) in [5, 5.41) is 23.5. The fourth-order valence-corrected chi connectivity index (χ4v) is 3.40. The van der Waals surface area contributed by atoms with Gasteiger partial charge in [0.05, 0.1) is 32.1 Å². The van der Waals surface area contributed by atoms with Crippen LogP contribution in [0.25, 0.3) is 0 Å². The Morgan fingerprint density at radius 2 is 2.04 bits per heavy atom. The molecule has 3 N–H and O–H groups in total. The maximum absolute atomic E-state index is 10.0. The monoisotopic (exact) mass is 359 g/mol. The van der Waals surface area contributed by atoms with Gasteiger partial charge in [-0.2, -0.15) is 0 Å². The second kappa shape index (κ2) is 8.44. The summed E-state index contributed by atoms with van der Waals surface area (Å²) in [6.07, 6.45) is 4.18. The molecule has 2 aromatic rings. The van der Waals surface area contributed by atoms with Gasteiger partial charge in [0.15, 0.2) is 0 Å². The van der Waals surface area contributed by atoms with Gasteiger partial charge < -0.3 is 25.0 Å². The van der Waals surface area contributed by atoms with Crippen LogP contribution in [0.15, 0.2) is 42.9 Å². The van der Waals surface area contributed by atoms with Crippen molar-refractivity contribution in [2.24, 2.45) is 5.41 Å². The van der Waals surface area contributed by atoms with Gasteiger partial charge >= 0.3 is 0 Å². The van der Waals surface area contributed by atoms with Gasteiger partial charge in [-0.25, -0.2) is 4.98 Å². The van der Waals surface area contributed by atoms with Crippen LogP contribution in [-0.2, 0) is 6.54 Å². The highest BCUT2D eigenvalue weighted by molar-refractivity contribution is 5.28. The zero-order valence-electron chi connectivity index (χ0n) is 14.8. The van der Waals surface area contributed by atoms with Gasteiger partial charge in [0.1, 0.15) is 5.75 Å². The third-order valence-corrected chi connectivity index (χ3v) is 4.76. The number of aromatic nitrogens is 2. The van der Waals surface area contributed by atoms with Gasteiger partial charge in [0, 0.05) is 30.9 Å². The zero-order valence-corrected chi connectivity index (χ0v) is 14.8. The quantitative estimate of drug-likeness (QED) is 0.651. The lowest BCUT2D eigenvalue weighted by atomic mass is 9.86. The summed E-state index contributed by atoms with van der Waals surface area (Å²) in [6, 6.07) is 7.86. The molecular formula is C19H25N3O4. The van der Waals surface area contributed by atoms with Crippen LogP contribution in [-0.4, -0.2) is 52.7 Å². The molecule has 1 saturated carbocycles. The van der Waals surface area contributed by atoms with Gasteiger partial charge in [-0.3, -0.25) is 4.98 Å². The van der Waals surface area contributed by atoms with Crippen molar-refractivity contribution in [3.63, 3.8) is 0 Å². The number of methoxy groups -OCH3 is 1. The fraction of sp³-hybridized carbons (Fsp3) is 0.474. The topological polar surface area (TPSA) is 96.7 Å². The van der Waals surface area contributed by atoms with Crippen molar-refractivity contribution in [3.8, 4) is 11.6 Å². The molecule has 0 amide bonds. The number of aliphatic hydroxyl groups excluding tert-OH is 2. The van der Waals surface area contributed by atoms with E-state index in [-0.39, 0.29) is 5.41 Å². The van der Waals surface area contributed by atoms with E-state index in [9.17, 15) is 10.2 Å². The Kier molecular flexibility index (Phi) is 6.03. The molecule has 1 fully saturated rings. The summed E-state index contributed by atoms with van der Waals surface area (Å²) < 4.78 is 11.0. The lowest BCUT2D eigenvalue weighted by Gasteiger charge is -2.29. The van der Waals surface area contributed by atoms with Crippen molar-refractivity contribution in [2.75, 3.05) is 20.3 Å². The molecule has 1 unspecified atom stereocenters. The highest BCUT2D eigenvalue weighted by Gasteiger charge is 2.44. The Hall–Kier alpha value is -2.22. The normalized spacial score (nSPS) is 25.2. The van der Waals surface area contributed by atoms with Crippen LogP contribution < -0.4 is 14.8 Å². The SMILES string of the molecule is COc1cccc(CNCC2(COc3cnccn3)C[C@@H](O)[C@@H](O)C2)c1. The molecule has 26 heavy (non-hydrogen) atoms. The Labute approximate surface area is 153 Å². The van der Waals surface area contributed by atoms with Gasteiger partial charge in [0.25, 0.3) is 0 Å². The molecule has 0 bridgehead atoms. The van der Waals surface area contributed by atoms with Crippen LogP contribution in [0.3, 0.4) is 0 Å². The first kappa shape index (κ1) is 18.6. The van der Waals surface area contributed by atoms with E-state index in [4.69, 9.17) is 9.47 Å². The Balaban J connectivity index is 1.60. The first-order valence-corrected chi connectivity index (χ1v) is 8.69. The highest BCUT2D eigenvalue weighted by atomic mass is 16.5. The van der Waals surface area contributed by atoms with Crippen molar-refractivity contribution in [1.29, 1.82) is 0 Å². The van der Waals surface area contributed by atoms with E-state index in [1.807, 2.05) is 24.3 Å². The lowest BCUT2D eigenvalue weighted by molar-refractivity contribution is 0.0438. The number of hydrogen-bond acceptors (Lipinski definition) is 7. The van der Waals surface area contributed by atoms with Crippen molar-refractivity contribution in [1.82, 2.24) is 15.3 Å². The van der Waals surface area contributed by atoms with Gasteiger partial charge in [-0.15, -0.1) is 0 Å². The first-order valence-electron chi connectivity index (χ1n) is 8.69. The largest absolute Gasteiger partial charge is 0.497 e. The molecule has 7 nitrogen and oxygen atoms in total. The number of rotatable bonds is 8. The van der Waals surface area contributed by atoms with Gasteiger partial charge in [-0.05, 0) is 30.5 Å². The van der Waals surface area contributed by atoms with Crippen LogP contribution >= 0.6 is 0 Å². The summed E-state index contributed by atoms with van der Waals surface area (Å²) >= 11 is 0. The molecule has 0 radical (unpaired) electrons. The Morgan fingerprint density at radius 1 is 1.23 bits per heavy atom. The van der Waals surface area contributed by atoms with Crippen molar-refractivity contribution >= 4 is 0 Å². The number of aliphatic hydroxyl groups is 2. The summed E-state index contributed by atoms with van der Waals surface area (Å²) in [6.45, 7) is 1.62. The minimum atomic E-state index is -0.737. The number of ether oxygens (including phenoxy) is 2. The van der Waals surface area contributed by atoms with Crippen molar-refractivity contribution in [2.45, 2.75) is 31.6 Å². The Bertz CT molecular complexity index is 688. The second-order valence-corrected chi connectivity index (χ2v) is 6.83. The molecule has 7 heteroatoms. The summed E-state index contributed by atoms with van der Waals surface area (Å²) in [5.41, 5.74) is 0.739. The van der Waals surface area contributed by atoms with E-state index in [0.717, 1.165) is 11.3 Å². The number of nitrogens with zero attached hydrogens (tertiary/aromatic N) is 2. The zero-order chi connectivity index (χ0) is 18.4. The number of hydrogen-bond donors (Lipinski definition) is 3. The smallest absolute Gasteiger partial charge is 0.232 e. The standard InChI is InChI=1S/C19H25N3O4/c1-25-15-4-2-3-14(7-15)10-21-12-19(8-16(23)17(24)9-19)13-26-18-11-20-5-6-22-18/h2-7,11,16-17,21,23-24H,8-10,12-13H2,1H3/t16-,17+,19?. The first-order chi connectivity index (χ1) is 12.6.